The van der Waals surface area contributed by atoms with E-state index in [1.165, 1.54) is 24.3 Å². The van der Waals surface area contributed by atoms with Crippen LogP contribution in [0.15, 0.2) is 78.5 Å². The number of hydrogen-bond acceptors (Lipinski definition) is 3. The van der Waals surface area contributed by atoms with E-state index in [0.29, 0.717) is 28.5 Å². The summed E-state index contributed by atoms with van der Waals surface area (Å²) in [6.45, 7) is 0.611. The van der Waals surface area contributed by atoms with Crippen molar-refractivity contribution < 1.29 is 14.0 Å². The minimum atomic E-state index is -0.447. The first kappa shape index (κ1) is 19.5. The first-order chi connectivity index (χ1) is 15.0. The van der Waals surface area contributed by atoms with Gasteiger partial charge in [-0.2, -0.15) is 0 Å². The van der Waals surface area contributed by atoms with Gasteiger partial charge in [0.1, 0.15) is 11.5 Å². The molecule has 3 aromatic rings. The zero-order chi connectivity index (χ0) is 21.5. The van der Waals surface area contributed by atoms with Crippen LogP contribution in [0.1, 0.15) is 17.5 Å². The molecule has 0 N–H and O–H groups in total. The lowest BCUT2D eigenvalue weighted by Crippen LogP contribution is -2.37. The molecule has 0 atom stereocenters. The van der Waals surface area contributed by atoms with Crippen molar-refractivity contribution in [3.8, 4) is 0 Å². The van der Waals surface area contributed by atoms with E-state index in [0.717, 1.165) is 29.0 Å². The van der Waals surface area contributed by atoms with Crippen LogP contribution in [0, 0.1) is 5.82 Å². The Kier molecular flexibility index (Phi) is 4.83. The Labute approximate surface area is 184 Å². The number of amides is 2. The van der Waals surface area contributed by atoms with Crippen LogP contribution >= 0.6 is 11.6 Å². The molecule has 154 valence electrons. The van der Waals surface area contributed by atoms with Crippen molar-refractivity contribution in [2.24, 2.45) is 0 Å². The van der Waals surface area contributed by atoms with Gasteiger partial charge >= 0.3 is 0 Å². The standard InChI is InChI=1S/C25H18ClFN2O2/c26-18-7-3-8-20(15-18)29-24(30)22(17-10-12-19(27)13-11-17)23(25(29)31)28-14-4-6-16-5-1-2-9-21(16)28/h1-3,5,7-13,15H,4,6,14H2. The van der Waals surface area contributed by atoms with Crippen molar-refractivity contribution in [2.45, 2.75) is 12.8 Å². The van der Waals surface area contributed by atoms with Gasteiger partial charge in [-0.3, -0.25) is 9.59 Å². The summed E-state index contributed by atoms with van der Waals surface area (Å²) in [5.41, 5.74) is 3.52. The van der Waals surface area contributed by atoms with Crippen LogP contribution in [0.25, 0.3) is 5.57 Å². The lowest BCUT2D eigenvalue weighted by molar-refractivity contribution is -0.120. The second kappa shape index (κ2) is 7.67. The SMILES string of the molecule is O=C1C(c2ccc(F)cc2)=C(N2CCCc3ccccc32)C(=O)N1c1cccc(Cl)c1. The van der Waals surface area contributed by atoms with Gasteiger partial charge in [-0.1, -0.05) is 48.0 Å². The number of rotatable bonds is 3. The zero-order valence-electron chi connectivity index (χ0n) is 16.5. The molecule has 2 amide bonds. The Morgan fingerprint density at radius 1 is 0.871 bits per heavy atom. The third-order valence-electron chi connectivity index (χ3n) is 5.64. The third-order valence-corrected chi connectivity index (χ3v) is 5.87. The van der Waals surface area contributed by atoms with Crippen LogP contribution in [0.2, 0.25) is 5.02 Å². The molecule has 0 aliphatic carbocycles. The fourth-order valence-electron chi connectivity index (χ4n) is 4.26. The molecule has 0 spiro atoms. The summed E-state index contributed by atoms with van der Waals surface area (Å²) in [4.78, 5) is 30.3. The minimum absolute atomic E-state index is 0.265. The van der Waals surface area contributed by atoms with Crippen LogP contribution in [0.4, 0.5) is 15.8 Å². The van der Waals surface area contributed by atoms with E-state index in [-0.39, 0.29) is 5.57 Å². The van der Waals surface area contributed by atoms with E-state index in [1.807, 2.05) is 29.2 Å². The molecule has 0 saturated heterocycles. The van der Waals surface area contributed by atoms with Crippen molar-refractivity contribution in [2.75, 3.05) is 16.3 Å². The molecular weight excluding hydrogens is 415 g/mol. The number of anilines is 2. The molecule has 0 bridgehead atoms. The highest BCUT2D eigenvalue weighted by Crippen LogP contribution is 2.39. The number of aryl methyl sites for hydroxylation is 1. The van der Waals surface area contributed by atoms with Crippen LogP contribution in [-0.2, 0) is 16.0 Å². The Hall–Kier alpha value is -3.44. The van der Waals surface area contributed by atoms with Crippen molar-refractivity contribution in [3.05, 3.63) is 100 Å². The van der Waals surface area contributed by atoms with Crippen molar-refractivity contribution >= 4 is 40.4 Å². The summed E-state index contributed by atoms with van der Waals surface area (Å²) >= 11 is 6.13. The summed E-state index contributed by atoms with van der Waals surface area (Å²) in [6, 6.07) is 20.2. The Morgan fingerprint density at radius 2 is 1.65 bits per heavy atom. The largest absolute Gasteiger partial charge is 0.336 e. The second-order valence-corrected chi connectivity index (χ2v) is 7.98. The normalized spacial score (nSPS) is 16.2. The molecule has 0 radical (unpaired) electrons. The number of benzene rings is 3. The van der Waals surface area contributed by atoms with Crippen LogP contribution in [0.5, 0.6) is 0 Å². The number of para-hydroxylation sites is 1. The molecule has 2 heterocycles. The Morgan fingerprint density at radius 3 is 2.42 bits per heavy atom. The van der Waals surface area contributed by atoms with E-state index in [4.69, 9.17) is 11.6 Å². The zero-order valence-corrected chi connectivity index (χ0v) is 17.3. The van der Waals surface area contributed by atoms with Crippen molar-refractivity contribution in [1.82, 2.24) is 0 Å². The molecule has 0 saturated carbocycles. The first-order valence-electron chi connectivity index (χ1n) is 10.0. The molecule has 31 heavy (non-hydrogen) atoms. The number of carbonyl (C=O) groups excluding carboxylic acids is 2. The van der Waals surface area contributed by atoms with Crippen molar-refractivity contribution in [3.63, 3.8) is 0 Å². The molecule has 4 nitrogen and oxygen atoms in total. The smallest absolute Gasteiger partial charge is 0.282 e. The number of fused-ring (bicyclic) bond motifs is 1. The molecule has 6 heteroatoms. The number of imide groups is 1. The molecule has 0 unspecified atom stereocenters. The van der Waals surface area contributed by atoms with Gasteiger partial charge < -0.3 is 4.90 Å². The van der Waals surface area contributed by atoms with E-state index >= 15 is 0 Å². The molecule has 2 aliphatic heterocycles. The fraction of sp³-hybridized carbons (Fsp3) is 0.120. The quantitative estimate of drug-likeness (QED) is 0.533. The van der Waals surface area contributed by atoms with Gasteiger partial charge in [0.25, 0.3) is 11.8 Å². The fourth-order valence-corrected chi connectivity index (χ4v) is 4.45. The Bertz CT molecular complexity index is 1240. The third kappa shape index (κ3) is 3.31. The predicted octanol–water partition coefficient (Wildman–Crippen LogP) is 5.22. The first-order valence-corrected chi connectivity index (χ1v) is 10.4. The summed E-state index contributed by atoms with van der Waals surface area (Å²) in [5.74, 6) is -1.27. The number of nitrogens with zero attached hydrogens (tertiary/aromatic N) is 2. The summed E-state index contributed by atoms with van der Waals surface area (Å²) in [6.07, 6.45) is 1.77. The lowest BCUT2D eigenvalue weighted by atomic mass is 9.98. The molecular formula is C25H18ClFN2O2. The highest BCUT2D eigenvalue weighted by molar-refractivity contribution is 6.46. The second-order valence-electron chi connectivity index (χ2n) is 7.54. The molecule has 5 rings (SSSR count). The lowest BCUT2D eigenvalue weighted by Gasteiger charge is -2.32. The van der Waals surface area contributed by atoms with Gasteiger partial charge in [0.15, 0.2) is 0 Å². The summed E-state index contributed by atoms with van der Waals surface area (Å²) in [7, 11) is 0. The summed E-state index contributed by atoms with van der Waals surface area (Å²) < 4.78 is 13.6. The number of hydrogen-bond donors (Lipinski definition) is 0. The monoisotopic (exact) mass is 432 g/mol. The predicted molar refractivity (Wildman–Crippen MR) is 119 cm³/mol. The average molecular weight is 433 g/mol. The van der Waals surface area contributed by atoms with E-state index in [1.54, 1.807) is 24.3 Å². The molecule has 0 aromatic heterocycles. The van der Waals surface area contributed by atoms with Gasteiger partial charge in [-0.15, -0.1) is 0 Å². The maximum absolute atomic E-state index is 13.7. The van der Waals surface area contributed by atoms with Gasteiger partial charge in [-0.25, -0.2) is 9.29 Å². The van der Waals surface area contributed by atoms with Crippen LogP contribution < -0.4 is 9.80 Å². The van der Waals surface area contributed by atoms with E-state index in [9.17, 15) is 14.0 Å². The average Bonchev–Trinajstić information content (AvgIpc) is 3.04. The van der Waals surface area contributed by atoms with Crippen LogP contribution in [0.3, 0.4) is 0 Å². The van der Waals surface area contributed by atoms with Crippen molar-refractivity contribution in [1.29, 1.82) is 0 Å². The summed E-state index contributed by atoms with van der Waals surface area (Å²) in [5, 5.41) is 0.429. The van der Waals surface area contributed by atoms with E-state index in [2.05, 4.69) is 0 Å². The maximum atomic E-state index is 13.7. The maximum Gasteiger partial charge on any atom is 0.282 e. The van der Waals surface area contributed by atoms with Gasteiger partial charge in [0, 0.05) is 17.3 Å². The number of carbonyl (C=O) groups is 2. The molecule has 2 aliphatic rings. The van der Waals surface area contributed by atoms with E-state index < -0.39 is 17.6 Å². The van der Waals surface area contributed by atoms with Gasteiger partial charge in [-0.05, 0) is 60.4 Å². The van der Waals surface area contributed by atoms with Crippen LogP contribution in [-0.4, -0.2) is 18.4 Å². The molecule has 3 aromatic carbocycles. The van der Waals surface area contributed by atoms with Gasteiger partial charge in [0.05, 0.1) is 11.3 Å². The highest BCUT2D eigenvalue weighted by atomic mass is 35.5. The highest BCUT2D eigenvalue weighted by Gasteiger charge is 2.43. The van der Waals surface area contributed by atoms with Gasteiger partial charge in [0.2, 0.25) is 0 Å². The molecule has 0 fully saturated rings. The topological polar surface area (TPSA) is 40.6 Å². The number of halogens is 2. The Balaban J connectivity index is 1.70. The minimum Gasteiger partial charge on any atom is -0.336 e.